The highest BCUT2D eigenvalue weighted by atomic mass is 16.2. The summed E-state index contributed by atoms with van der Waals surface area (Å²) >= 11 is 0. The Labute approximate surface area is 153 Å². The molecule has 0 unspecified atom stereocenters. The van der Waals surface area contributed by atoms with Gasteiger partial charge in [-0.05, 0) is 31.7 Å². The SMILES string of the molecule is Cc1cnc(C(=O)N2CCC(NC(=O)CCc3ccccc3)CC2)cn1. The summed E-state index contributed by atoms with van der Waals surface area (Å²) < 4.78 is 0. The molecule has 1 aliphatic rings. The van der Waals surface area contributed by atoms with Gasteiger partial charge in [0.05, 0.1) is 11.9 Å². The molecule has 0 aliphatic carbocycles. The molecule has 3 rings (SSSR count). The molecule has 0 atom stereocenters. The fraction of sp³-hybridized carbons (Fsp3) is 0.400. The molecule has 1 aliphatic heterocycles. The van der Waals surface area contributed by atoms with E-state index in [0.717, 1.165) is 25.0 Å². The van der Waals surface area contributed by atoms with Gasteiger partial charge in [-0.3, -0.25) is 14.6 Å². The van der Waals surface area contributed by atoms with Gasteiger partial charge in [0, 0.05) is 31.7 Å². The first kappa shape index (κ1) is 18.0. The van der Waals surface area contributed by atoms with Crippen LogP contribution in [0.15, 0.2) is 42.7 Å². The highest BCUT2D eigenvalue weighted by Gasteiger charge is 2.25. The van der Waals surface area contributed by atoms with E-state index < -0.39 is 0 Å². The number of aromatic nitrogens is 2. The Morgan fingerprint density at radius 3 is 2.50 bits per heavy atom. The lowest BCUT2D eigenvalue weighted by atomic mass is 10.0. The van der Waals surface area contributed by atoms with Crippen molar-refractivity contribution in [3.63, 3.8) is 0 Å². The zero-order valence-electron chi connectivity index (χ0n) is 15.0. The highest BCUT2D eigenvalue weighted by molar-refractivity contribution is 5.92. The van der Waals surface area contributed by atoms with E-state index >= 15 is 0 Å². The van der Waals surface area contributed by atoms with Crippen LogP contribution in [0, 0.1) is 6.92 Å². The van der Waals surface area contributed by atoms with Crippen molar-refractivity contribution in [1.82, 2.24) is 20.2 Å². The maximum Gasteiger partial charge on any atom is 0.274 e. The van der Waals surface area contributed by atoms with Crippen molar-refractivity contribution in [1.29, 1.82) is 0 Å². The molecule has 0 bridgehead atoms. The second-order valence-electron chi connectivity index (χ2n) is 6.66. The summed E-state index contributed by atoms with van der Waals surface area (Å²) in [5, 5.41) is 3.09. The highest BCUT2D eigenvalue weighted by Crippen LogP contribution is 2.13. The monoisotopic (exact) mass is 352 g/mol. The van der Waals surface area contributed by atoms with E-state index in [4.69, 9.17) is 0 Å². The normalized spacial score (nSPS) is 14.9. The van der Waals surface area contributed by atoms with Crippen molar-refractivity contribution in [2.75, 3.05) is 13.1 Å². The van der Waals surface area contributed by atoms with Crippen molar-refractivity contribution in [2.24, 2.45) is 0 Å². The topological polar surface area (TPSA) is 75.2 Å². The third kappa shape index (κ3) is 4.88. The Morgan fingerprint density at radius 2 is 1.85 bits per heavy atom. The Balaban J connectivity index is 1.42. The number of benzene rings is 1. The van der Waals surface area contributed by atoms with E-state index in [0.29, 0.717) is 25.2 Å². The zero-order valence-corrected chi connectivity index (χ0v) is 15.0. The first-order valence-electron chi connectivity index (χ1n) is 9.03. The van der Waals surface area contributed by atoms with Crippen molar-refractivity contribution < 1.29 is 9.59 Å². The van der Waals surface area contributed by atoms with Gasteiger partial charge in [-0.2, -0.15) is 0 Å². The van der Waals surface area contributed by atoms with E-state index in [1.165, 1.54) is 11.8 Å². The summed E-state index contributed by atoms with van der Waals surface area (Å²) in [7, 11) is 0. The number of hydrogen-bond acceptors (Lipinski definition) is 4. The Hall–Kier alpha value is -2.76. The molecule has 2 amide bonds. The van der Waals surface area contributed by atoms with Crippen molar-refractivity contribution in [3.05, 3.63) is 59.7 Å². The summed E-state index contributed by atoms with van der Waals surface area (Å²) in [4.78, 5) is 34.6. The van der Waals surface area contributed by atoms with Gasteiger partial charge >= 0.3 is 0 Å². The van der Waals surface area contributed by atoms with E-state index in [2.05, 4.69) is 15.3 Å². The number of likely N-dealkylation sites (tertiary alicyclic amines) is 1. The number of amides is 2. The van der Waals surface area contributed by atoms with Crippen LogP contribution in [0.4, 0.5) is 0 Å². The average Bonchev–Trinajstić information content (AvgIpc) is 2.68. The van der Waals surface area contributed by atoms with Crippen LogP contribution in [-0.2, 0) is 11.2 Å². The molecule has 1 saturated heterocycles. The molecule has 0 saturated carbocycles. The molecule has 26 heavy (non-hydrogen) atoms. The molecule has 0 radical (unpaired) electrons. The maximum atomic E-state index is 12.4. The first-order valence-corrected chi connectivity index (χ1v) is 9.03. The molecule has 6 nitrogen and oxygen atoms in total. The van der Waals surface area contributed by atoms with Crippen molar-refractivity contribution in [3.8, 4) is 0 Å². The predicted molar refractivity (Wildman–Crippen MR) is 98.6 cm³/mol. The van der Waals surface area contributed by atoms with Crippen LogP contribution in [0.3, 0.4) is 0 Å². The number of carbonyl (C=O) groups excluding carboxylic acids is 2. The Kier molecular flexibility index (Phi) is 5.94. The minimum atomic E-state index is -0.0913. The van der Waals surface area contributed by atoms with E-state index in [1.54, 1.807) is 11.1 Å². The summed E-state index contributed by atoms with van der Waals surface area (Å²) in [5.74, 6) is -0.0191. The quantitative estimate of drug-likeness (QED) is 0.895. The van der Waals surface area contributed by atoms with Gasteiger partial charge in [-0.15, -0.1) is 0 Å². The number of nitrogens with zero attached hydrogens (tertiary/aromatic N) is 3. The molecule has 1 N–H and O–H groups in total. The van der Waals surface area contributed by atoms with Gasteiger partial charge in [0.15, 0.2) is 0 Å². The lowest BCUT2D eigenvalue weighted by Gasteiger charge is -2.32. The number of aryl methyl sites for hydroxylation is 2. The van der Waals surface area contributed by atoms with Gasteiger partial charge in [0.1, 0.15) is 5.69 Å². The van der Waals surface area contributed by atoms with Crippen LogP contribution >= 0.6 is 0 Å². The average molecular weight is 352 g/mol. The molecule has 0 spiro atoms. The number of hydrogen-bond donors (Lipinski definition) is 1. The van der Waals surface area contributed by atoms with Crippen LogP contribution in [0.25, 0.3) is 0 Å². The third-order valence-corrected chi connectivity index (χ3v) is 4.63. The standard InChI is InChI=1S/C20H24N4O2/c1-15-13-22-18(14-21-15)20(26)24-11-9-17(10-12-24)23-19(25)8-7-16-5-3-2-4-6-16/h2-6,13-14,17H,7-12H2,1H3,(H,23,25). The van der Waals surface area contributed by atoms with E-state index in [9.17, 15) is 9.59 Å². The second-order valence-corrected chi connectivity index (χ2v) is 6.66. The summed E-state index contributed by atoms with van der Waals surface area (Å²) in [5.41, 5.74) is 2.33. The summed E-state index contributed by atoms with van der Waals surface area (Å²) in [6.45, 7) is 3.09. The number of piperidine rings is 1. The molecular formula is C20H24N4O2. The van der Waals surface area contributed by atoms with Crippen molar-refractivity contribution >= 4 is 11.8 Å². The third-order valence-electron chi connectivity index (χ3n) is 4.63. The van der Waals surface area contributed by atoms with Crippen molar-refractivity contribution in [2.45, 2.75) is 38.6 Å². The fourth-order valence-corrected chi connectivity index (χ4v) is 3.09. The van der Waals surface area contributed by atoms with Gasteiger partial charge in [0.25, 0.3) is 5.91 Å². The van der Waals surface area contributed by atoms with Crippen LogP contribution in [0.2, 0.25) is 0 Å². The zero-order chi connectivity index (χ0) is 18.4. The number of rotatable bonds is 5. The van der Waals surface area contributed by atoms with E-state index in [-0.39, 0.29) is 17.9 Å². The predicted octanol–water partition coefficient (Wildman–Crippen LogP) is 2.14. The number of carbonyl (C=O) groups is 2. The van der Waals surface area contributed by atoms with Crippen LogP contribution < -0.4 is 5.32 Å². The molecule has 2 aromatic rings. The minimum absolute atomic E-state index is 0.0723. The molecular weight excluding hydrogens is 328 g/mol. The fourth-order valence-electron chi connectivity index (χ4n) is 3.09. The van der Waals surface area contributed by atoms with Gasteiger partial charge in [-0.25, -0.2) is 4.98 Å². The maximum absolute atomic E-state index is 12.4. The van der Waals surface area contributed by atoms with Gasteiger partial charge in [-0.1, -0.05) is 30.3 Å². The smallest absolute Gasteiger partial charge is 0.274 e. The van der Waals surface area contributed by atoms with Crippen LogP contribution in [0.1, 0.15) is 41.0 Å². The molecule has 2 heterocycles. The van der Waals surface area contributed by atoms with E-state index in [1.807, 2.05) is 37.3 Å². The van der Waals surface area contributed by atoms with Gasteiger partial charge in [0.2, 0.25) is 5.91 Å². The molecule has 1 fully saturated rings. The summed E-state index contributed by atoms with van der Waals surface area (Å²) in [6.07, 6.45) is 5.89. The van der Waals surface area contributed by atoms with Crippen LogP contribution in [-0.4, -0.2) is 45.8 Å². The Bertz CT molecular complexity index is 738. The number of nitrogens with one attached hydrogen (secondary N) is 1. The molecule has 6 heteroatoms. The largest absolute Gasteiger partial charge is 0.353 e. The second kappa shape index (κ2) is 8.56. The van der Waals surface area contributed by atoms with Gasteiger partial charge < -0.3 is 10.2 Å². The summed E-state index contributed by atoms with van der Waals surface area (Å²) in [6, 6.07) is 10.1. The Morgan fingerprint density at radius 1 is 1.12 bits per heavy atom. The first-order chi connectivity index (χ1) is 12.6. The molecule has 1 aromatic carbocycles. The molecule has 1 aromatic heterocycles. The lowest BCUT2D eigenvalue weighted by Crippen LogP contribution is -2.46. The minimum Gasteiger partial charge on any atom is -0.353 e. The molecule has 136 valence electrons. The van der Waals surface area contributed by atoms with Crippen LogP contribution in [0.5, 0.6) is 0 Å². The lowest BCUT2D eigenvalue weighted by molar-refractivity contribution is -0.122.